The van der Waals surface area contributed by atoms with Gasteiger partial charge in [0.15, 0.2) is 0 Å². The highest BCUT2D eigenvalue weighted by Crippen LogP contribution is 2.48. The molecule has 4 aromatic rings. The number of nitrogens with one attached hydrogen (secondary N) is 2. The summed E-state index contributed by atoms with van der Waals surface area (Å²) in [6.07, 6.45) is 1.63. The molecule has 2 aliphatic heterocycles. The molecule has 1 unspecified atom stereocenters. The summed E-state index contributed by atoms with van der Waals surface area (Å²) < 4.78 is 21.2. The van der Waals surface area contributed by atoms with Crippen molar-refractivity contribution in [3.05, 3.63) is 99.4 Å². The number of aromatic amines is 1. The number of piperazine rings is 1. The second-order valence-corrected chi connectivity index (χ2v) is 11.5. The molecule has 10 heteroatoms. The largest absolute Gasteiger partial charge is 0.474 e. The predicted octanol–water partition coefficient (Wildman–Crippen LogP) is 5.65. The number of carbonyl (C=O) groups excluding carboxylic acids is 2. The maximum Gasteiger partial charge on any atom is 0.269 e. The molecule has 7 nitrogen and oxygen atoms in total. The van der Waals surface area contributed by atoms with E-state index in [1.54, 1.807) is 34.2 Å². The van der Waals surface area contributed by atoms with E-state index < -0.39 is 17.5 Å². The van der Waals surface area contributed by atoms with Crippen molar-refractivity contribution in [2.75, 3.05) is 26.2 Å². The molecule has 0 radical (unpaired) electrons. The van der Waals surface area contributed by atoms with Gasteiger partial charge in [0.25, 0.3) is 5.91 Å². The maximum atomic E-state index is 14.6. The molecule has 212 valence electrons. The quantitative estimate of drug-likeness (QED) is 0.302. The van der Waals surface area contributed by atoms with Gasteiger partial charge in [0.05, 0.1) is 11.4 Å². The van der Waals surface area contributed by atoms with Crippen molar-refractivity contribution in [1.29, 1.82) is 0 Å². The second-order valence-electron chi connectivity index (χ2n) is 10.6. The van der Waals surface area contributed by atoms with Gasteiger partial charge in [0.1, 0.15) is 17.6 Å². The third-order valence-corrected chi connectivity index (χ3v) is 8.42. The van der Waals surface area contributed by atoms with Crippen molar-refractivity contribution in [2.24, 2.45) is 0 Å². The summed E-state index contributed by atoms with van der Waals surface area (Å²) in [4.78, 5) is 35.2. The fraction of sp³-hybridized carbons (Fsp3) is 0.290. The zero-order valence-corrected chi connectivity index (χ0v) is 23.9. The first-order valence-corrected chi connectivity index (χ1v) is 14.3. The van der Waals surface area contributed by atoms with Crippen molar-refractivity contribution < 1.29 is 18.7 Å². The van der Waals surface area contributed by atoms with Crippen molar-refractivity contribution in [1.82, 2.24) is 20.1 Å². The van der Waals surface area contributed by atoms with Crippen LogP contribution in [0.2, 0.25) is 10.0 Å². The number of amides is 2. The molecule has 3 heterocycles. The minimum atomic E-state index is -1.58. The Morgan fingerprint density at radius 1 is 1.07 bits per heavy atom. The Kier molecular flexibility index (Phi) is 7.40. The number of halogens is 3. The highest BCUT2D eigenvalue weighted by molar-refractivity contribution is 6.31. The predicted molar refractivity (Wildman–Crippen MR) is 157 cm³/mol. The van der Waals surface area contributed by atoms with E-state index in [0.29, 0.717) is 48.1 Å². The number of H-pyrrole nitrogens is 1. The summed E-state index contributed by atoms with van der Waals surface area (Å²) in [6.45, 7) is 4.30. The van der Waals surface area contributed by atoms with Crippen LogP contribution in [0.3, 0.4) is 0 Å². The molecule has 2 aliphatic rings. The Bertz CT molecular complexity index is 1620. The average molecular weight is 596 g/mol. The summed E-state index contributed by atoms with van der Waals surface area (Å²) in [5, 5.41) is 4.65. The minimum absolute atomic E-state index is 0.00232. The van der Waals surface area contributed by atoms with Gasteiger partial charge in [0, 0.05) is 60.4 Å². The zero-order chi connectivity index (χ0) is 28.7. The van der Waals surface area contributed by atoms with E-state index in [4.69, 9.17) is 27.9 Å². The molecule has 41 heavy (non-hydrogen) atoms. The van der Waals surface area contributed by atoms with Gasteiger partial charge >= 0.3 is 0 Å². The Labute approximate surface area is 247 Å². The molecule has 2 N–H and O–H groups in total. The zero-order valence-electron chi connectivity index (χ0n) is 22.4. The van der Waals surface area contributed by atoms with E-state index in [-0.39, 0.29) is 29.8 Å². The van der Waals surface area contributed by atoms with Crippen LogP contribution in [0.25, 0.3) is 10.9 Å². The number of carbonyl (C=O) groups is 2. The van der Waals surface area contributed by atoms with Crippen molar-refractivity contribution in [3.63, 3.8) is 0 Å². The fourth-order valence-corrected chi connectivity index (χ4v) is 6.17. The lowest BCUT2D eigenvalue weighted by molar-refractivity contribution is -0.151. The number of ether oxygens (including phenoxy) is 1. The molecule has 6 rings (SSSR count). The number of rotatable bonds is 6. The summed E-state index contributed by atoms with van der Waals surface area (Å²) in [5.74, 6) is -0.623. The van der Waals surface area contributed by atoms with E-state index in [1.165, 1.54) is 12.1 Å². The molecular formula is C31H29Cl2FN4O3. The van der Waals surface area contributed by atoms with Crippen LogP contribution in [0, 0.1) is 12.7 Å². The van der Waals surface area contributed by atoms with Gasteiger partial charge in [-0.05, 0) is 48.9 Å². The number of likely N-dealkylation sites (tertiary alicyclic amines) is 1. The van der Waals surface area contributed by atoms with E-state index in [0.717, 1.165) is 16.5 Å². The van der Waals surface area contributed by atoms with E-state index >= 15 is 0 Å². The van der Waals surface area contributed by atoms with Gasteiger partial charge in [-0.1, -0.05) is 53.0 Å². The Morgan fingerprint density at radius 2 is 1.83 bits per heavy atom. The Morgan fingerprint density at radius 3 is 2.56 bits per heavy atom. The number of benzene rings is 3. The molecule has 0 aliphatic carbocycles. The lowest BCUT2D eigenvalue weighted by atomic mass is 9.86. The van der Waals surface area contributed by atoms with Crippen LogP contribution in [0.1, 0.15) is 29.2 Å². The van der Waals surface area contributed by atoms with E-state index in [9.17, 15) is 14.0 Å². The fourth-order valence-electron chi connectivity index (χ4n) is 5.88. The first kappa shape index (κ1) is 27.6. The van der Waals surface area contributed by atoms with E-state index in [1.807, 2.05) is 37.3 Å². The molecular weight excluding hydrogens is 566 g/mol. The van der Waals surface area contributed by atoms with Gasteiger partial charge in [-0.25, -0.2) is 4.39 Å². The number of hydrogen-bond acceptors (Lipinski definition) is 4. The first-order chi connectivity index (χ1) is 19.7. The summed E-state index contributed by atoms with van der Waals surface area (Å²) in [7, 11) is 0. The molecule has 2 saturated heterocycles. The van der Waals surface area contributed by atoms with Gasteiger partial charge in [-0.3, -0.25) is 9.59 Å². The van der Waals surface area contributed by atoms with Crippen molar-refractivity contribution in [3.8, 4) is 5.75 Å². The Balaban J connectivity index is 1.53. The lowest BCUT2D eigenvalue weighted by Gasteiger charge is -2.41. The molecule has 2 amide bonds. The second kappa shape index (κ2) is 11.0. The van der Waals surface area contributed by atoms with E-state index in [2.05, 4.69) is 10.3 Å². The van der Waals surface area contributed by atoms with Crippen LogP contribution in [0.5, 0.6) is 5.75 Å². The number of aromatic nitrogens is 1. The maximum absolute atomic E-state index is 14.6. The molecule has 0 saturated carbocycles. The number of nitrogens with zero attached hydrogens (tertiary/aromatic N) is 2. The van der Waals surface area contributed by atoms with Crippen LogP contribution in [0.4, 0.5) is 4.39 Å². The number of aryl methyl sites for hydroxylation is 1. The highest BCUT2D eigenvalue weighted by atomic mass is 35.5. The van der Waals surface area contributed by atoms with Gasteiger partial charge < -0.3 is 24.8 Å². The van der Waals surface area contributed by atoms with Crippen molar-refractivity contribution in [2.45, 2.75) is 31.5 Å². The standard InChI is InChI=1S/C31H29Cl2FN4O3/c1-19-2-6-22(7-3-19)41-31(30(40)37-12-10-35-11-13-37)16-28(39)38(18-20-4-9-25(33)26(34)14-20)29(31)24-17-36-27-15-21(32)5-8-23(24)27/h2-9,14-15,17,29,35-36H,10-13,16,18H2,1H3/t29?,31-/m0/s1. The summed E-state index contributed by atoms with van der Waals surface area (Å²) in [5.41, 5.74) is 1.49. The van der Waals surface area contributed by atoms with Crippen LogP contribution >= 0.6 is 23.2 Å². The lowest BCUT2D eigenvalue weighted by Crippen LogP contribution is -2.59. The molecule has 0 bridgehead atoms. The molecule has 3 aromatic carbocycles. The molecule has 2 atom stereocenters. The van der Waals surface area contributed by atoms with Crippen molar-refractivity contribution >= 4 is 45.9 Å². The van der Waals surface area contributed by atoms with Gasteiger partial charge in [-0.15, -0.1) is 0 Å². The smallest absolute Gasteiger partial charge is 0.269 e. The monoisotopic (exact) mass is 594 g/mol. The van der Waals surface area contributed by atoms with Crippen LogP contribution in [-0.2, 0) is 16.1 Å². The molecule has 2 fully saturated rings. The van der Waals surface area contributed by atoms with Crippen LogP contribution in [-0.4, -0.2) is 58.4 Å². The number of hydrogen-bond donors (Lipinski definition) is 2. The normalized spacial score (nSPS) is 21.1. The topological polar surface area (TPSA) is 77.7 Å². The Hall–Kier alpha value is -3.59. The third kappa shape index (κ3) is 5.16. The first-order valence-electron chi connectivity index (χ1n) is 13.5. The summed E-state index contributed by atoms with van der Waals surface area (Å²) in [6, 6.07) is 16.5. The molecule has 0 spiro atoms. The minimum Gasteiger partial charge on any atom is -0.474 e. The number of fused-ring (bicyclic) bond motifs is 1. The highest BCUT2D eigenvalue weighted by Gasteiger charge is 2.61. The van der Waals surface area contributed by atoms with Gasteiger partial charge in [-0.2, -0.15) is 0 Å². The SMILES string of the molecule is Cc1ccc(O[C@@]2(C(=O)N3CCNCC3)CC(=O)N(Cc3ccc(Cl)c(F)c3)C2c2c[nH]c3cc(Cl)ccc23)cc1. The van der Waals surface area contributed by atoms with Gasteiger partial charge in [0.2, 0.25) is 11.5 Å². The molecule has 1 aromatic heterocycles. The summed E-state index contributed by atoms with van der Waals surface area (Å²) >= 11 is 12.2. The van der Waals surface area contributed by atoms with Crippen LogP contribution < -0.4 is 10.1 Å². The third-order valence-electron chi connectivity index (χ3n) is 7.88. The average Bonchev–Trinajstić information content (AvgIpc) is 3.49. The van der Waals surface area contributed by atoms with Crippen LogP contribution in [0.15, 0.2) is 66.9 Å².